The van der Waals surface area contributed by atoms with Crippen LogP contribution in [0.5, 0.6) is 5.75 Å². The Balaban J connectivity index is 1.79. The molecule has 4 aromatic rings. The minimum atomic E-state index is -3.91. The second kappa shape index (κ2) is 9.24. The molecule has 4 rings (SSSR count). The van der Waals surface area contributed by atoms with Gasteiger partial charge in [-0.15, -0.1) is 0 Å². The summed E-state index contributed by atoms with van der Waals surface area (Å²) in [6.45, 7) is 0. The van der Waals surface area contributed by atoms with E-state index in [0.29, 0.717) is 23.6 Å². The summed E-state index contributed by atoms with van der Waals surface area (Å²) in [5.41, 5.74) is 1.71. The monoisotopic (exact) mass is 488 g/mol. The van der Waals surface area contributed by atoms with Crippen molar-refractivity contribution < 1.29 is 17.6 Å². The number of nitrogens with zero attached hydrogens (tertiary/aromatic N) is 1. The Morgan fingerprint density at radius 3 is 2.16 bits per heavy atom. The minimum absolute atomic E-state index is 0.0305. The molecule has 0 atom stereocenters. The van der Waals surface area contributed by atoms with Crippen molar-refractivity contribution in [1.82, 2.24) is 4.98 Å². The van der Waals surface area contributed by atoms with Crippen molar-refractivity contribution in [2.24, 2.45) is 0 Å². The van der Waals surface area contributed by atoms with E-state index in [9.17, 15) is 8.42 Å². The SMILES string of the molecule is COc1c(Cl)cc(-c2nc(Cc3ccccc3)oc2NS(=O)(=O)c2ccccc2)cc1Cl. The van der Waals surface area contributed by atoms with Crippen molar-refractivity contribution in [3.8, 4) is 17.0 Å². The summed E-state index contributed by atoms with van der Waals surface area (Å²) in [6.07, 6.45) is 0.374. The lowest BCUT2D eigenvalue weighted by atomic mass is 10.1. The van der Waals surface area contributed by atoms with Gasteiger partial charge in [0.1, 0.15) is 5.69 Å². The molecule has 0 saturated carbocycles. The maximum Gasteiger partial charge on any atom is 0.264 e. The van der Waals surface area contributed by atoms with Crippen molar-refractivity contribution in [3.05, 3.63) is 94.3 Å². The molecule has 1 heterocycles. The highest BCUT2D eigenvalue weighted by Crippen LogP contribution is 2.39. The molecule has 0 saturated heterocycles. The van der Waals surface area contributed by atoms with Gasteiger partial charge in [0, 0.05) is 12.0 Å². The normalized spacial score (nSPS) is 11.3. The van der Waals surface area contributed by atoms with Crippen molar-refractivity contribution in [1.29, 1.82) is 0 Å². The molecule has 0 aliphatic heterocycles. The number of oxazole rings is 1. The van der Waals surface area contributed by atoms with Crippen LogP contribution in [0.25, 0.3) is 11.3 Å². The molecular formula is C23H18Cl2N2O4S. The summed E-state index contributed by atoms with van der Waals surface area (Å²) in [5.74, 6) is 0.619. The van der Waals surface area contributed by atoms with Crippen LogP contribution in [0.1, 0.15) is 11.5 Å². The first-order valence-electron chi connectivity index (χ1n) is 9.52. The van der Waals surface area contributed by atoms with E-state index in [1.807, 2.05) is 30.3 Å². The first-order chi connectivity index (χ1) is 15.4. The van der Waals surface area contributed by atoms with Gasteiger partial charge in [0.05, 0.1) is 22.1 Å². The van der Waals surface area contributed by atoms with Gasteiger partial charge >= 0.3 is 0 Å². The predicted molar refractivity (Wildman–Crippen MR) is 125 cm³/mol. The lowest BCUT2D eigenvalue weighted by Crippen LogP contribution is -2.12. The van der Waals surface area contributed by atoms with Gasteiger partial charge in [-0.2, -0.15) is 0 Å². The van der Waals surface area contributed by atoms with Crippen LogP contribution in [0.3, 0.4) is 0 Å². The average molecular weight is 489 g/mol. The maximum absolute atomic E-state index is 12.9. The number of anilines is 1. The van der Waals surface area contributed by atoms with E-state index >= 15 is 0 Å². The van der Waals surface area contributed by atoms with E-state index in [0.717, 1.165) is 5.56 Å². The van der Waals surface area contributed by atoms with Crippen LogP contribution in [0.4, 0.5) is 5.88 Å². The van der Waals surface area contributed by atoms with Gasteiger partial charge < -0.3 is 9.15 Å². The Bertz CT molecular complexity index is 1320. The molecule has 0 radical (unpaired) electrons. The van der Waals surface area contributed by atoms with Gasteiger partial charge in [-0.1, -0.05) is 71.7 Å². The fourth-order valence-corrected chi connectivity index (χ4v) is 4.80. The third kappa shape index (κ3) is 4.75. The summed E-state index contributed by atoms with van der Waals surface area (Å²) in [7, 11) is -2.45. The lowest BCUT2D eigenvalue weighted by molar-refractivity contribution is 0.415. The second-order valence-electron chi connectivity index (χ2n) is 6.84. The van der Waals surface area contributed by atoms with Gasteiger partial charge in [0.2, 0.25) is 11.8 Å². The fourth-order valence-electron chi connectivity index (χ4n) is 3.15. The van der Waals surface area contributed by atoms with Gasteiger partial charge in [0.15, 0.2) is 5.75 Å². The number of hydrogen-bond donors (Lipinski definition) is 1. The molecule has 0 unspecified atom stereocenters. The number of aromatic nitrogens is 1. The van der Waals surface area contributed by atoms with Crippen LogP contribution < -0.4 is 9.46 Å². The van der Waals surface area contributed by atoms with Crippen LogP contribution in [0, 0.1) is 0 Å². The van der Waals surface area contributed by atoms with E-state index in [2.05, 4.69) is 9.71 Å². The average Bonchev–Trinajstić information content (AvgIpc) is 3.16. The van der Waals surface area contributed by atoms with E-state index in [-0.39, 0.29) is 26.5 Å². The number of halogens is 2. The predicted octanol–water partition coefficient (Wildman–Crippen LogP) is 6.05. The maximum atomic E-state index is 12.9. The van der Waals surface area contributed by atoms with Crippen LogP contribution in [-0.4, -0.2) is 20.5 Å². The molecular weight excluding hydrogens is 471 g/mol. The first kappa shape index (κ1) is 22.2. The Hall–Kier alpha value is -3.00. The topological polar surface area (TPSA) is 81.4 Å². The number of hydrogen-bond acceptors (Lipinski definition) is 5. The molecule has 1 N–H and O–H groups in total. The molecule has 164 valence electrons. The molecule has 0 fully saturated rings. The number of benzene rings is 3. The summed E-state index contributed by atoms with van der Waals surface area (Å²) in [6, 6.07) is 20.8. The number of sulfonamides is 1. The van der Waals surface area contributed by atoms with Crippen LogP contribution in [-0.2, 0) is 16.4 Å². The van der Waals surface area contributed by atoms with Crippen LogP contribution >= 0.6 is 23.2 Å². The Kier molecular flexibility index (Phi) is 6.41. The van der Waals surface area contributed by atoms with Crippen molar-refractivity contribution in [3.63, 3.8) is 0 Å². The first-order valence-corrected chi connectivity index (χ1v) is 11.8. The van der Waals surface area contributed by atoms with E-state index in [1.165, 1.54) is 19.2 Å². The molecule has 9 heteroatoms. The van der Waals surface area contributed by atoms with E-state index in [1.54, 1.807) is 30.3 Å². The van der Waals surface area contributed by atoms with Gasteiger partial charge in [0.25, 0.3) is 10.0 Å². The third-order valence-corrected chi connectivity index (χ3v) is 6.53. The fraction of sp³-hybridized carbons (Fsp3) is 0.0870. The molecule has 6 nitrogen and oxygen atoms in total. The standard InChI is InChI=1S/C23H18Cl2N2O4S/c1-30-22-18(24)13-16(14-19(22)25)21-23(27-32(28,29)17-10-6-3-7-11-17)31-20(26-21)12-15-8-4-2-5-9-15/h2-11,13-14,27H,12H2,1H3. The highest BCUT2D eigenvalue weighted by atomic mass is 35.5. The number of methoxy groups -OCH3 is 1. The molecule has 32 heavy (non-hydrogen) atoms. The molecule has 0 amide bonds. The highest BCUT2D eigenvalue weighted by Gasteiger charge is 2.23. The zero-order chi connectivity index (χ0) is 22.7. The minimum Gasteiger partial charge on any atom is -0.494 e. The third-order valence-electron chi connectivity index (χ3n) is 4.63. The molecule has 3 aromatic carbocycles. The molecule has 0 bridgehead atoms. The van der Waals surface area contributed by atoms with Crippen molar-refractivity contribution in [2.45, 2.75) is 11.3 Å². The number of rotatable bonds is 7. The number of ether oxygens (including phenoxy) is 1. The molecule has 0 spiro atoms. The highest BCUT2D eigenvalue weighted by molar-refractivity contribution is 7.92. The van der Waals surface area contributed by atoms with E-state index < -0.39 is 10.0 Å². The number of nitrogens with one attached hydrogen (secondary N) is 1. The Morgan fingerprint density at radius 1 is 0.969 bits per heavy atom. The van der Waals surface area contributed by atoms with Crippen LogP contribution in [0.2, 0.25) is 10.0 Å². The van der Waals surface area contributed by atoms with Crippen molar-refractivity contribution >= 4 is 39.1 Å². The second-order valence-corrected chi connectivity index (χ2v) is 9.34. The summed E-state index contributed by atoms with van der Waals surface area (Å²) >= 11 is 12.6. The zero-order valence-electron chi connectivity index (χ0n) is 16.9. The van der Waals surface area contributed by atoms with E-state index in [4.69, 9.17) is 32.4 Å². The van der Waals surface area contributed by atoms with Gasteiger partial charge in [-0.25, -0.2) is 18.1 Å². The molecule has 0 aliphatic carbocycles. The van der Waals surface area contributed by atoms with Crippen LogP contribution in [0.15, 0.2) is 82.1 Å². The quantitative estimate of drug-likeness (QED) is 0.342. The largest absolute Gasteiger partial charge is 0.494 e. The summed E-state index contributed by atoms with van der Waals surface area (Å²) in [4.78, 5) is 4.63. The Morgan fingerprint density at radius 2 is 1.56 bits per heavy atom. The lowest BCUT2D eigenvalue weighted by Gasteiger charge is -2.09. The molecule has 1 aromatic heterocycles. The summed E-state index contributed by atoms with van der Waals surface area (Å²) < 4.78 is 39.4. The van der Waals surface area contributed by atoms with Gasteiger partial charge in [-0.3, -0.25) is 0 Å². The van der Waals surface area contributed by atoms with Gasteiger partial charge in [-0.05, 0) is 29.8 Å². The zero-order valence-corrected chi connectivity index (χ0v) is 19.2. The smallest absolute Gasteiger partial charge is 0.264 e. The molecule has 0 aliphatic rings. The van der Waals surface area contributed by atoms with Crippen molar-refractivity contribution in [2.75, 3.05) is 11.8 Å². The summed E-state index contributed by atoms with van der Waals surface area (Å²) in [5, 5.41) is 0.527. The Labute approximate surface area is 195 Å².